The van der Waals surface area contributed by atoms with Crippen molar-refractivity contribution in [3.8, 4) is 0 Å². The van der Waals surface area contributed by atoms with Crippen LogP contribution in [0.1, 0.15) is 63.6 Å². The Hall–Kier alpha value is -2.07. The standard InChI is InChI=1S/C22H26ClNO3/c1-21(2)9-10-22(3,4)18-16(21)8-5-13(19(18)23)12-24-14-6-7-15(20(26)27)17(25)11-14/h5,7-8,11,25H,6,9-10,12H2,1-4H3,(H,26,27). The zero-order valence-corrected chi connectivity index (χ0v) is 17.0. The van der Waals surface area contributed by atoms with Gasteiger partial charge in [-0.3, -0.25) is 4.99 Å². The van der Waals surface area contributed by atoms with Crippen molar-refractivity contribution >= 4 is 23.3 Å². The summed E-state index contributed by atoms with van der Waals surface area (Å²) in [5, 5.41) is 19.6. The number of rotatable bonds is 3. The quantitative estimate of drug-likeness (QED) is 0.720. The molecule has 0 saturated heterocycles. The maximum atomic E-state index is 11.0. The maximum absolute atomic E-state index is 11.0. The van der Waals surface area contributed by atoms with E-state index in [4.69, 9.17) is 16.7 Å². The number of fused-ring (bicyclic) bond motifs is 1. The smallest absolute Gasteiger partial charge is 0.339 e. The molecule has 1 aromatic rings. The SMILES string of the molecule is CC1(C)CCC(C)(C)c2c1ccc(CN=C1C=C(O)C(C(=O)O)=CC1)c2Cl. The normalized spacial score (nSPS) is 22.0. The molecule has 0 aromatic heterocycles. The fourth-order valence-electron chi connectivity index (χ4n) is 3.95. The first-order chi connectivity index (χ1) is 12.5. The molecule has 0 amide bonds. The number of carboxylic acid groups (broad SMARTS) is 1. The van der Waals surface area contributed by atoms with Gasteiger partial charge in [0.1, 0.15) is 5.76 Å². The zero-order chi connectivity index (χ0) is 20.0. The molecule has 0 aliphatic heterocycles. The van der Waals surface area contributed by atoms with Crippen LogP contribution in [0.3, 0.4) is 0 Å². The molecule has 0 bridgehead atoms. The molecule has 0 heterocycles. The maximum Gasteiger partial charge on any atom is 0.339 e. The topological polar surface area (TPSA) is 69.9 Å². The van der Waals surface area contributed by atoms with Gasteiger partial charge in [0.15, 0.2) is 0 Å². The molecule has 0 atom stereocenters. The second-order valence-corrected chi connectivity index (χ2v) is 9.07. The Morgan fingerprint density at radius 2 is 1.85 bits per heavy atom. The van der Waals surface area contributed by atoms with Gasteiger partial charge in [0.25, 0.3) is 0 Å². The van der Waals surface area contributed by atoms with E-state index in [1.807, 2.05) is 6.07 Å². The molecule has 2 aliphatic rings. The van der Waals surface area contributed by atoms with Crippen molar-refractivity contribution < 1.29 is 15.0 Å². The van der Waals surface area contributed by atoms with Gasteiger partial charge in [-0.15, -0.1) is 0 Å². The fraction of sp³-hybridized carbons (Fsp3) is 0.455. The minimum atomic E-state index is -1.13. The van der Waals surface area contributed by atoms with E-state index in [2.05, 4.69) is 38.8 Å². The summed E-state index contributed by atoms with van der Waals surface area (Å²) in [6.45, 7) is 9.40. The number of carboxylic acids is 1. The lowest BCUT2D eigenvalue weighted by Gasteiger charge is -2.42. The third kappa shape index (κ3) is 3.68. The molecule has 2 N–H and O–H groups in total. The van der Waals surface area contributed by atoms with Gasteiger partial charge < -0.3 is 10.2 Å². The van der Waals surface area contributed by atoms with Crippen LogP contribution < -0.4 is 0 Å². The number of benzene rings is 1. The number of halogens is 1. The Labute approximate surface area is 165 Å². The van der Waals surface area contributed by atoms with E-state index in [0.717, 1.165) is 23.4 Å². The third-order valence-corrected chi connectivity index (χ3v) is 6.21. The highest BCUT2D eigenvalue weighted by molar-refractivity contribution is 6.32. The highest BCUT2D eigenvalue weighted by atomic mass is 35.5. The summed E-state index contributed by atoms with van der Waals surface area (Å²) in [6.07, 6.45) is 5.50. The Morgan fingerprint density at radius 3 is 2.48 bits per heavy atom. The van der Waals surface area contributed by atoms with Gasteiger partial charge in [0.2, 0.25) is 0 Å². The first-order valence-corrected chi connectivity index (χ1v) is 9.61. The lowest BCUT2D eigenvalue weighted by Crippen LogP contribution is -2.34. The molecule has 27 heavy (non-hydrogen) atoms. The summed E-state index contributed by atoms with van der Waals surface area (Å²) >= 11 is 6.83. The van der Waals surface area contributed by atoms with Crippen LogP contribution in [0.2, 0.25) is 5.02 Å². The highest BCUT2D eigenvalue weighted by Gasteiger charge is 2.38. The van der Waals surface area contributed by atoms with E-state index in [-0.39, 0.29) is 22.2 Å². The lowest BCUT2D eigenvalue weighted by atomic mass is 9.63. The van der Waals surface area contributed by atoms with Crippen molar-refractivity contribution in [1.82, 2.24) is 0 Å². The molecule has 5 heteroatoms. The monoisotopic (exact) mass is 387 g/mol. The number of allylic oxidation sites excluding steroid dienone is 2. The number of hydrogen-bond donors (Lipinski definition) is 2. The second kappa shape index (κ2) is 6.83. The number of carbonyl (C=O) groups is 1. The van der Waals surface area contributed by atoms with Gasteiger partial charge in [0, 0.05) is 23.2 Å². The van der Waals surface area contributed by atoms with E-state index >= 15 is 0 Å². The van der Waals surface area contributed by atoms with Crippen molar-refractivity contribution in [2.24, 2.45) is 4.99 Å². The minimum Gasteiger partial charge on any atom is -0.507 e. The molecular weight excluding hydrogens is 362 g/mol. The summed E-state index contributed by atoms with van der Waals surface area (Å²) < 4.78 is 0. The summed E-state index contributed by atoms with van der Waals surface area (Å²) in [4.78, 5) is 15.6. The molecule has 4 nitrogen and oxygen atoms in total. The van der Waals surface area contributed by atoms with Crippen molar-refractivity contribution in [1.29, 1.82) is 0 Å². The van der Waals surface area contributed by atoms with E-state index < -0.39 is 5.97 Å². The number of aliphatic carboxylic acids is 1. The Kier molecular flexibility index (Phi) is 4.98. The number of aliphatic hydroxyl groups excluding tert-OH is 1. The molecule has 1 aromatic carbocycles. The van der Waals surface area contributed by atoms with Crippen LogP contribution in [0.25, 0.3) is 0 Å². The van der Waals surface area contributed by atoms with Gasteiger partial charge in [-0.2, -0.15) is 0 Å². The molecule has 0 unspecified atom stereocenters. The molecule has 3 rings (SSSR count). The average molecular weight is 388 g/mol. The fourth-order valence-corrected chi connectivity index (χ4v) is 4.43. The number of aliphatic imine (C=N–C) groups is 1. The third-order valence-electron chi connectivity index (χ3n) is 5.78. The van der Waals surface area contributed by atoms with Gasteiger partial charge in [-0.25, -0.2) is 4.79 Å². The summed E-state index contributed by atoms with van der Waals surface area (Å²) in [6, 6.07) is 4.22. The van der Waals surface area contributed by atoms with Crippen molar-refractivity contribution in [2.45, 2.75) is 64.3 Å². The number of hydrogen-bond acceptors (Lipinski definition) is 3. The van der Waals surface area contributed by atoms with E-state index in [1.54, 1.807) is 0 Å². The van der Waals surface area contributed by atoms with Crippen LogP contribution in [-0.4, -0.2) is 21.9 Å². The first-order valence-electron chi connectivity index (χ1n) is 9.23. The number of aliphatic hydroxyl groups is 1. The van der Waals surface area contributed by atoms with E-state index in [1.165, 1.54) is 23.3 Å². The van der Waals surface area contributed by atoms with Crippen molar-refractivity contribution in [2.75, 3.05) is 0 Å². The zero-order valence-electron chi connectivity index (χ0n) is 16.3. The van der Waals surface area contributed by atoms with Crippen LogP contribution in [0.4, 0.5) is 0 Å². The molecule has 0 spiro atoms. The largest absolute Gasteiger partial charge is 0.507 e. The Balaban J connectivity index is 1.91. The lowest BCUT2D eigenvalue weighted by molar-refractivity contribution is -0.132. The molecule has 2 aliphatic carbocycles. The van der Waals surface area contributed by atoms with E-state index in [0.29, 0.717) is 18.7 Å². The minimum absolute atomic E-state index is 0.0211. The summed E-state index contributed by atoms with van der Waals surface area (Å²) in [7, 11) is 0. The molecule has 144 valence electrons. The van der Waals surface area contributed by atoms with Gasteiger partial charge in [-0.1, -0.05) is 57.5 Å². The van der Waals surface area contributed by atoms with Crippen molar-refractivity contribution in [3.05, 3.63) is 57.3 Å². The van der Waals surface area contributed by atoms with Crippen LogP contribution in [0.5, 0.6) is 0 Å². The molecule has 0 fully saturated rings. The average Bonchev–Trinajstić information content (AvgIpc) is 2.57. The van der Waals surface area contributed by atoms with Gasteiger partial charge in [0.05, 0.1) is 12.1 Å². The van der Waals surface area contributed by atoms with Gasteiger partial charge >= 0.3 is 5.97 Å². The van der Waals surface area contributed by atoms with Gasteiger partial charge in [-0.05, 0) is 40.4 Å². The van der Waals surface area contributed by atoms with Crippen LogP contribution in [-0.2, 0) is 22.2 Å². The number of nitrogens with zero attached hydrogens (tertiary/aromatic N) is 1. The first kappa shape index (κ1) is 19.7. The highest BCUT2D eigenvalue weighted by Crippen LogP contribution is 2.49. The van der Waals surface area contributed by atoms with Crippen LogP contribution >= 0.6 is 11.6 Å². The molecular formula is C22H26ClNO3. The molecule has 0 radical (unpaired) electrons. The van der Waals surface area contributed by atoms with E-state index in [9.17, 15) is 9.90 Å². The summed E-state index contributed by atoms with van der Waals surface area (Å²) in [5.41, 5.74) is 4.17. The summed E-state index contributed by atoms with van der Waals surface area (Å²) in [5.74, 6) is -1.39. The predicted molar refractivity (Wildman–Crippen MR) is 109 cm³/mol. The Bertz CT molecular complexity index is 891. The molecule has 0 saturated carbocycles. The predicted octanol–water partition coefficient (Wildman–Crippen LogP) is 5.49. The van der Waals surface area contributed by atoms with Crippen LogP contribution in [0, 0.1) is 0 Å². The van der Waals surface area contributed by atoms with Crippen molar-refractivity contribution in [3.63, 3.8) is 0 Å². The second-order valence-electron chi connectivity index (χ2n) is 8.69. The van der Waals surface area contributed by atoms with Crippen LogP contribution in [0.15, 0.2) is 40.6 Å². The Morgan fingerprint density at radius 1 is 1.19 bits per heavy atom.